The van der Waals surface area contributed by atoms with E-state index < -0.39 is 31.0 Å². The third kappa shape index (κ3) is 5.89. The van der Waals surface area contributed by atoms with Gasteiger partial charge in [-0.3, -0.25) is 9.59 Å². The van der Waals surface area contributed by atoms with Gasteiger partial charge in [-0.05, 0) is 30.3 Å². The molecule has 142 valence electrons. The van der Waals surface area contributed by atoms with Crippen LogP contribution in [-0.2, 0) is 14.3 Å². The van der Waals surface area contributed by atoms with Crippen molar-refractivity contribution in [2.24, 2.45) is 5.73 Å². The van der Waals surface area contributed by atoms with Gasteiger partial charge in [0, 0.05) is 5.69 Å². The number of hydrogen-bond acceptors (Lipinski definition) is 6. The zero-order chi connectivity index (χ0) is 19.8. The molecule has 0 aromatic heterocycles. The molecule has 2 aromatic carbocycles. The summed E-state index contributed by atoms with van der Waals surface area (Å²) in [5, 5.41) is 2.86. The van der Waals surface area contributed by atoms with Crippen molar-refractivity contribution >= 4 is 35.1 Å². The molecule has 0 spiro atoms. The minimum absolute atomic E-state index is 0.138. The van der Waals surface area contributed by atoms with E-state index in [9.17, 15) is 14.4 Å². The molecule has 3 N–H and O–H groups in total. The van der Waals surface area contributed by atoms with E-state index in [1.807, 2.05) is 0 Å². The van der Waals surface area contributed by atoms with Crippen LogP contribution in [0.15, 0.2) is 42.5 Å². The van der Waals surface area contributed by atoms with Crippen molar-refractivity contribution in [2.45, 2.75) is 0 Å². The van der Waals surface area contributed by atoms with Crippen LogP contribution in [0.25, 0.3) is 0 Å². The lowest BCUT2D eigenvalue weighted by Crippen LogP contribution is -2.24. The Labute approximate surface area is 160 Å². The first-order valence-corrected chi connectivity index (χ1v) is 8.09. The number of ether oxygens (including phenoxy) is 3. The van der Waals surface area contributed by atoms with E-state index in [2.05, 4.69) is 5.32 Å². The molecule has 0 atom stereocenters. The van der Waals surface area contributed by atoms with Gasteiger partial charge in [0.1, 0.15) is 11.5 Å². The van der Waals surface area contributed by atoms with Gasteiger partial charge < -0.3 is 25.3 Å². The summed E-state index contributed by atoms with van der Waals surface area (Å²) >= 11 is 5.96. The fourth-order valence-corrected chi connectivity index (χ4v) is 2.32. The molecule has 0 radical (unpaired) electrons. The molecule has 9 heteroatoms. The van der Waals surface area contributed by atoms with E-state index in [1.54, 1.807) is 24.3 Å². The molecule has 0 unspecified atom stereocenters. The van der Waals surface area contributed by atoms with Crippen LogP contribution in [0.1, 0.15) is 10.4 Å². The molecule has 0 bridgehead atoms. The first-order chi connectivity index (χ1) is 12.9. The molecule has 2 aromatic rings. The first-order valence-electron chi connectivity index (χ1n) is 7.71. The summed E-state index contributed by atoms with van der Waals surface area (Å²) in [6.45, 7) is -0.991. The molecular weight excluding hydrogens is 376 g/mol. The average Bonchev–Trinajstić information content (AvgIpc) is 2.65. The highest BCUT2D eigenvalue weighted by molar-refractivity contribution is 6.32. The van der Waals surface area contributed by atoms with Gasteiger partial charge in [0.15, 0.2) is 13.2 Å². The number of esters is 1. The maximum absolute atomic E-state index is 11.8. The molecule has 0 heterocycles. The Morgan fingerprint density at radius 2 is 1.81 bits per heavy atom. The minimum atomic E-state index is -0.780. The second-order valence-electron chi connectivity index (χ2n) is 5.21. The predicted octanol–water partition coefficient (Wildman–Crippen LogP) is 2.01. The van der Waals surface area contributed by atoms with Crippen LogP contribution in [0.3, 0.4) is 0 Å². The van der Waals surface area contributed by atoms with Crippen LogP contribution in [0.4, 0.5) is 5.69 Å². The second-order valence-corrected chi connectivity index (χ2v) is 5.61. The highest BCUT2D eigenvalue weighted by Crippen LogP contribution is 2.27. The van der Waals surface area contributed by atoms with Gasteiger partial charge in [-0.2, -0.15) is 0 Å². The van der Waals surface area contributed by atoms with Crippen LogP contribution in [0, 0.1) is 0 Å². The fourth-order valence-electron chi connectivity index (χ4n) is 2.06. The normalized spacial score (nSPS) is 10.0. The summed E-state index contributed by atoms with van der Waals surface area (Å²) in [5.74, 6) is -1.40. The number of hydrogen-bond donors (Lipinski definition) is 2. The topological polar surface area (TPSA) is 117 Å². The molecule has 0 aliphatic carbocycles. The fraction of sp³-hybridized carbons (Fsp3) is 0.167. The summed E-state index contributed by atoms with van der Waals surface area (Å²) < 4.78 is 15.1. The van der Waals surface area contributed by atoms with E-state index in [-0.39, 0.29) is 11.3 Å². The average molecular weight is 393 g/mol. The molecule has 27 heavy (non-hydrogen) atoms. The minimum Gasteiger partial charge on any atom is -0.495 e. The Morgan fingerprint density at radius 3 is 2.48 bits per heavy atom. The molecule has 0 saturated carbocycles. The Hall–Kier alpha value is -3.26. The zero-order valence-corrected chi connectivity index (χ0v) is 15.1. The standard InChI is InChI=1S/C18H17ClN2O6/c1-25-15-7-6-11(8-13(15)19)21-16(22)9-27-17(23)10-26-14-5-3-2-4-12(14)18(20)24/h2-8H,9-10H2,1H3,(H2,20,24)(H,21,22). The van der Waals surface area contributed by atoms with Gasteiger partial charge in [0.05, 0.1) is 17.7 Å². The van der Waals surface area contributed by atoms with Crippen molar-refractivity contribution in [3.63, 3.8) is 0 Å². The van der Waals surface area contributed by atoms with Crippen molar-refractivity contribution in [3.05, 3.63) is 53.1 Å². The van der Waals surface area contributed by atoms with E-state index in [1.165, 1.54) is 25.3 Å². The summed E-state index contributed by atoms with van der Waals surface area (Å²) in [4.78, 5) is 34.8. The number of benzene rings is 2. The van der Waals surface area contributed by atoms with Crippen molar-refractivity contribution in [1.29, 1.82) is 0 Å². The van der Waals surface area contributed by atoms with Crippen LogP contribution >= 0.6 is 11.6 Å². The summed E-state index contributed by atoms with van der Waals surface area (Å²) in [6, 6.07) is 10.9. The first kappa shape index (κ1) is 20.1. The number of amides is 2. The third-order valence-electron chi connectivity index (χ3n) is 3.30. The van der Waals surface area contributed by atoms with E-state index in [0.29, 0.717) is 16.5 Å². The lowest BCUT2D eigenvalue weighted by atomic mass is 10.2. The van der Waals surface area contributed by atoms with Gasteiger partial charge in [-0.15, -0.1) is 0 Å². The molecule has 0 aliphatic heterocycles. The molecular formula is C18H17ClN2O6. The van der Waals surface area contributed by atoms with Crippen LogP contribution in [0.2, 0.25) is 5.02 Å². The number of para-hydroxylation sites is 1. The van der Waals surface area contributed by atoms with E-state index >= 15 is 0 Å². The number of methoxy groups -OCH3 is 1. The molecule has 0 fully saturated rings. The summed E-state index contributed by atoms with van der Waals surface area (Å²) in [5.41, 5.74) is 5.78. The largest absolute Gasteiger partial charge is 0.495 e. The number of nitrogens with one attached hydrogen (secondary N) is 1. The van der Waals surface area contributed by atoms with E-state index in [0.717, 1.165) is 0 Å². The van der Waals surface area contributed by atoms with E-state index in [4.69, 9.17) is 31.5 Å². The van der Waals surface area contributed by atoms with Crippen molar-refractivity contribution in [2.75, 3.05) is 25.6 Å². The monoisotopic (exact) mass is 392 g/mol. The Morgan fingerprint density at radius 1 is 1.07 bits per heavy atom. The summed E-state index contributed by atoms with van der Waals surface area (Å²) in [7, 11) is 1.48. The molecule has 2 rings (SSSR count). The number of rotatable bonds is 8. The third-order valence-corrected chi connectivity index (χ3v) is 3.59. The van der Waals surface area contributed by atoms with Gasteiger partial charge in [0.25, 0.3) is 11.8 Å². The van der Waals surface area contributed by atoms with Gasteiger partial charge in [-0.25, -0.2) is 4.79 Å². The van der Waals surface area contributed by atoms with Crippen molar-refractivity contribution in [3.8, 4) is 11.5 Å². The number of carbonyl (C=O) groups excluding carboxylic acids is 3. The number of halogens is 1. The molecule has 0 aliphatic rings. The maximum Gasteiger partial charge on any atom is 0.344 e. The van der Waals surface area contributed by atoms with Crippen molar-refractivity contribution in [1.82, 2.24) is 0 Å². The Balaban J connectivity index is 1.81. The van der Waals surface area contributed by atoms with Crippen LogP contribution in [0.5, 0.6) is 11.5 Å². The number of primary amides is 1. The smallest absolute Gasteiger partial charge is 0.344 e. The SMILES string of the molecule is COc1ccc(NC(=O)COC(=O)COc2ccccc2C(N)=O)cc1Cl. The number of anilines is 1. The second kappa shape index (κ2) is 9.44. The highest BCUT2D eigenvalue weighted by Gasteiger charge is 2.13. The van der Waals surface area contributed by atoms with Crippen LogP contribution in [-0.4, -0.2) is 38.1 Å². The van der Waals surface area contributed by atoms with Gasteiger partial charge >= 0.3 is 5.97 Å². The van der Waals surface area contributed by atoms with Crippen LogP contribution < -0.4 is 20.5 Å². The number of nitrogens with two attached hydrogens (primary N) is 1. The lowest BCUT2D eigenvalue weighted by molar-refractivity contribution is -0.149. The zero-order valence-electron chi connectivity index (χ0n) is 14.4. The number of carbonyl (C=O) groups is 3. The Kier molecular flexibility index (Phi) is 7.01. The predicted molar refractivity (Wildman–Crippen MR) is 98.0 cm³/mol. The molecule has 8 nitrogen and oxygen atoms in total. The quantitative estimate of drug-likeness (QED) is 0.663. The maximum atomic E-state index is 11.8. The summed E-state index contributed by atoms with van der Waals surface area (Å²) in [6.07, 6.45) is 0. The van der Waals surface area contributed by atoms with Gasteiger partial charge in [0.2, 0.25) is 0 Å². The highest BCUT2D eigenvalue weighted by atomic mass is 35.5. The Bertz CT molecular complexity index is 855. The molecule has 0 saturated heterocycles. The van der Waals surface area contributed by atoms with Crippen molar-refractivity contribution < 1.29 is 28.6 Å². The molecule has 2 amide bonds. The lowest BCUT2D eigenvalue weighted by Gasteiger charge is -2.10. The van der Waals surface area contributed by atoms with Gasteiger partial charge in [-0.1, -0.05) is 23.7 Å².